The number of carbonyl (C=O) groups is 1. The number of anilines is 1. The largest absolute Gasteiger partial charge is 0.353 e. The summed E-state index contributed by atoms with van der Waals surface area (Å²) in [4.78, 5) is 22.6. The lowest BCUT2D eigenvalue weighted by Crippen LogP contribution is -2.45. The van der Waals surface area contributed by atoms with Gasteiger partial charge in [-0.1, -0.05) is 0 Å². The molecule has 1 fully saturated rings. The molecule has 118 valence electrons. The molecule has 0 aromatic carbocycles. The number of aryl methyl sites for hydroxylation is 2. The number of rotatable bonds is 5. The second kappa shape index (κ2) is 6.64. The van der Waals surface area contributed by atoms with E-state index >= 15 is 0 Å². The Kier molecular flexibility index (Phi) is 4.41. The van der Waals surface area contributed by atoms with Crippen LogP contribution in [0.25, 0.3) is 0 Å². The van der Waals surface area contributed by atoms with E-state index in [0.29, 0.717) is 13.0 Å². The van der Waals surface area contributed by atoms with Crippen LogP contribution in [-0.2, 0) is 18.4 Å². The summed E-state index contributed by atoms with van der Waals surface area (Å²) in [6.07, 6.45) is 11.5. The first kappa shape index (κ1) is 14.6. The van der Waals surface area contributed by atoms with Gasteiger partial charge in [0.2, 0.25) is 11.9 Å². The van der Waals surface area contributed by atoms with Gasteiger partial charge >= 0.3 is 0 Å². The average molecular weight is 302 g/mol. The van der Waals surface area contributed by atoms with Crippen molar-refractivity contribution in [3.63, 3.8) is 0 Å². The molecule has 0 radical (unpaired) electrons. The van der Waals surface area contributed by atoms with Crippen molar-refractivity contribution in [2.45, 2.75) is 31.8 Å². The van der Waals surface area contributed by atoms with Crippen LogP contribution in [0.5, 0.6) is 0 Å². The summed E-state index contributed by atoms with van der Waals surface area (Å²) in [6.45, 7) is 2.53. The third kappa shape index (κ3) is 3.47. The smallest absolute Gasteiger partial charge is 0.222 e. The molecule has 0 saturated carbocycles. The minimum atomic E-state index is 0.115. The van der Waals surface area contributed by atoms with E-state index in [1.54, 1.807) is 12.5 Å². The maximum atomic E-state index is 12.0. The molecular formula is C15H22N6O. The van der Waals surface area contributed by atoms with E-state index in [2.05, 4.69) is 20.2 Å². The van der Waals surface area contributed by atoms with E-state index in [4.69, 9.17) is 0 Å². The average Bonchev–Trinajstić information content (AvgIpc) is 3.17. The number of nitrogens with zero attached hydrogens (tertiary/aromatic N) is 5. The number of carbonyl (C=O) groups excluding carboxylic acids is 1. The normalized spacial score (nSPS) is 16.0. The second-order valence-corrected chi connectivity index (χ2v) is 5.72. The van der Waals surface area contributed by atoms with Crippen molar-refractivity contribution in [2.75, 3.05) is 18.0 Å². The Morgan fingerprint density at radius 1 is 1.32 bits per heavy atom. The molecule has 1 saturated heterocycles. The lowest BCUT2D eigenvalue weighted by molar-refractivity contribution is -0.122. The van der Waals surface area contributed by atoms with Gasteiger partial charge in [0.05, 0.1) is 6.33 Å². The molecule has 2 aromatic heterocycles. The summed E-state index contributed by atoms with van der Waals surface area (Å²) in [6, 6.07) is 0.270. The Balaban J connectivity index is 1.42. The van der Waals surface area contributed by atoms with E-state index in [-0.39, 0.29) is 11.9 Å². The Morgan fingerprint density at radius 2 is 2.14 bits per heavy atom. The van der Waals surface area contributed by atoms with Crippen LogP contribution in [0, 0.1) is 0 Å². The highest BCUT2D eigenvalue weighted by Crippen LogP contribution is 2.17. The molecule has 22 heavy (non-hydrogen) atoms. The molecule has 1 N–H and O–H groups in total. The standard InChI is InChI=1S/C15H22N6O/c1-19-10-6-17-15(19)21-8-2-13(3-9-21)18-14(22)4-7-20-11-5-16-12-20/h5-6,10-13H,2-4,7-9H2,1H3,(H,18,22). The lowest BCUT2D eigenvalue weighted by Gasteiger charge is -2.33. The van der Waals surface area contributed by atoms with Gasteiger partial charge in [0.15, 0.2) is 0 Å². The van der Waals surface area contributed by atoms with Crippen molar-refractivity contribution in [1.82, 2.24) is 24.4 Å². The van der Waals surface area contributed by atoms with Gasteiger partial charge in [0.1, 0.15) is 0 Å². The highest BCUT2D eigenvalue weighted by Gasteiger charge is 2.22. The zero-order valence-corrected chi connectivity index (χ0v) is 12.9. The van der Waals surface area contributed by atoms with Crippen molar-refractivity contribution in [3.8, 4) is 0 Å². The number of imidazole rings is 2. The van der Waals surface area contributed by atoms with Crippen LogP contribution in [0.15, 0.2) is 31.1 Å². The van der Waals surface area contributed by atoms with Gasteiger partial charge in [-0.2, -0.15) is 0 Å². The van der Waals surface area contributed by atoms with Gasteiger partial charge < -0.3 is 19.4 Å². The number of hydrogen-bond donors (Lipinski definition) is 1. The summed E-state index contributed by atoms with van der Waals surface area (Å²) in [5.74, 6) is 1.12. The van der Waals surface area contributed by atoms with Gasteiger partial charge in [-0.3, -0.25) is 4.79 Å². The van der Waals surface area contributed by atoms with Crippen LogP contribution in [0.1, 0.15) is 19.3 Å². The predicted octanol–water partition coefficient (Wildman–Crippen LogP) is 0.792. The topological polar surface area (TPSA) is 68.0 Å². The number of aromatic nitrogens is 4. The van der Waals surface area contributed by atoms with Crippen molar-refractivity contribution >= 4 is 11.9 Å². The van der Waals surface area contributed by atoms with Crippen LogP contribution in [0.2, 0.25) is 0 Å². The number of amides is 1. The molecule has 3 rings (SSSR count). The summed E-state index contributed by atoms with van der Waals surface area (Å²) in [7, 11) is 2.01. The number of piperidine rings is 1. The fourth-order valence-corrected chi connectivity index (χ4v) is 2.84. The highest BCUT2D eigenvalue weighted by molar-refractivity contribution is 5.76. The molecule has 2 aromatic rings. The third-order valence-corrected chi connectivity index (χ3v) is 4.09. The molecule has 0 aliphatic carbocycles. The molecule has 1 aliphatic heterocycles. The molecule has 0 atom stereocenters. The van der Waals surface area contributed by atoms with E-state index in [1.165, 1.54) is 0 Å². The minimum Gasteiger partial charge on any atom is -0.353 e. The van der Waals surface area contributed by atoms with Gasteiger partial charge in [-0.15, -0.1) is 0 Å². The first-order chi connectivity index (χ1) is 10.7. The van der Waals surface area contributed by atoms with Gasteiger partial charge in [0, 0.05) is 63.9 Å². The van der Waals surface area contributed by atoms with E-state index in [1.807, 2.05) is 34.8 Å². The third-order valence-electron chi connectivity index (χ3n) is 4.09. The maximum Gasteiger partial charge on any atom is 0.222 e. The lowest BCUT2D eigenvalue weighted by atomic mass is 10.1. The molecule has 7 heteroatoms. The Morgan fingerprint density at radius 3 is 2.77 bits per heavy atom. The van der Waals surface area contributed by atoms with Crippen LogP contribution in [0.4, 0.5) is 5.95 Å². The number of hydrogen-bond acceptors (Lipinski definition) is 4. The van der Waals surface area contributed by atoms with Crippen LogP contribution < -0.4 is 10.2 Å². The molecule has 3 heterocycles. The zero-order chi connectivity index (χ0) is 15.4. The SMILES string of the molecule is Cn1ccnc1N1CCC(NC(=O)CCn2ccnc2)CC1. The maximum absolute atomic E-state index is 12.0. The molecule has 1 amide bonds. The quantitative estimate of drug-likeness (QED) is 0.887. The molecule has 0 spiro atoms. The Hall–Kier alpha value is -2.31. The van der Waals surface area contributed by atoms with E-state index in [9.17, 15) is 4.79 Å². The van der Waals surface area contributed by atoms with E-state index in [0.717, 1.165) is 31.9 Å². The first-order valence-electron chi connectivity index (χ1n) is 7.70. The van der Waals surface area contributed by atoms with Gasteiger partial charge in [-0.25, -0.2) is 9.97 Å². The molecule has 0 bridgehead atoms. The minimum absolute atomic E-state index is 0.115. The molecule has 1 aliphatic rings. The summed E-state index contributed by atoms with van der Waals surface area (Å²) >= 11 is 0. The van der Waals surface area contributed by atoms with Gasteiger partial charge in [-0.05, 0) is 12.8 Å². The fourth-order valence-electron chi connectivity index (χ4n) is 2.84. The summed E-state index contributed by atoms with van der Waals surface area (Å²) in [5.41, 5.74) is 0. The fraction of sp³-hybridized carbons (Fsp3) is 0.533. The molecular weight excluding hydrogens is 280 g/mol. The summed E-state index contributed by atoms with van der Waals surface area (Å²) in [5, 5.41) is 3.14. The second-order valence-electron chi connectivity index (χ2n) is 5.72. The van der Waals surface area contributed by atoms with Crippen molar-refractivity contribution in [3.05, 3.63) is 31.1 Å². The number of nitrogens with one attached hydrogen (secondary N) is 1. The van der Waals surface area contributed by atoms with Gasteiger partial charge in [0.25, 0.3) is 0 Å². The van der Waals surface area contributed by atoms with Crippen molar-refractivity contribution in [2.24, 2.45) is 7.05 Å². The molecule has 7 nitrogen and oxygen atoms in total. The zero-order valence-electron chi connectivity index (χ0n) is 12.9. The predicted molar refractivity (Wildman–Crippen MR) is 83.4 cm³/mol. The van der Waals surface area contributed by atoms with Crippen LogP contribution in [0.3, 0.4) is 0 Å². The monoisotopic (exact) mass is 302 g/mol. The summed E-state index contributed by atoms with van der Waals surface area (Å²) < 4.78 is 3.95. The van der Waals surface area contributed by atoms with Crippen LogP contribution in [-0.4, -0.2) is 44.1 Å². The molecule has 0 unspecified atom stereocenters. The van der Waals surface area contributed by atoms with Crippen molar-refractivity contribution < 1.29 is 4.79 Å². The Bertz CT molecular complexity index is 597. The van der Waals surface area contributed by atoms with Crippen LogP contribution >= 0.6 is 0 Å². The Labute approximate surface area is 130 Å². The van der Waals surface area contributed by atoms with Crippen molar-refractivity contribution in [1.29, 1.82) is 0 Å². The first-order valence-corrected chi connectivity index (χ1v) is 7.70. The highest BCUT2D eigenvalue weighted by atomic mass is 16.1. The van der Waals surface area contributed by atoms with E-state index < -0.39 is 0 Å².